The zero-order valence-electron chi connectivity index (χ0n) is 21.7. The summed E-state index contributed by atoms with van der Waals surface area (Å²) in [6.07, 6.45) is 4.25. The molecule has 0 fully saturated rings. The molecule has 37 heavy (non-hydrogen) atoms. The number of nitrogens with zero attached hydrogens (tertiary/aromatic N) is 4. The molecule has 0 saturated heterocycles. The number of aryl methyl sites for hydroxylation is 4. The van der Waals surface area contributed by atoms with E-state index in [-0.39, 0.29) is 5.56 Å². The number of halogens is 1. The van der Waals surface area contributed by atoms with Gasteiger partial charge in [0.2, 0.25) is 5.89 Å². The molecule has 4 rings (SSSR count). The van der Waals surface area contributed by atoms with E-state index in [1.165, 1.54) is 14.2 Å². The van der Waals surface area contributed by atoms with Gasteiger partial charge in [0.15, 0.2) is 11.4 Å². The van der Waals surface area contributed by atoms with Crippen LogP contribution < -0.4 is 9.47 Å². The Balaban J connectivity index is 1.82. The number of aromatic nitrogens is 3. The number of methoxy groups -OCH3 is 2. The van der Waals surface area contributed by atoms with Gasteiger partial charge in [-0.25, -0.2) is 0 Å². The van der Waals surface area contributed by atoms with E-state index in [1.54, 1.807) is 20.1 Å². The lowest BCUT2D eigenvalue weighted by molar-refractivity contribution is 0.209. The highest BCUT2D eigenvalue weighted by Gasteiger charge is 2.19. The molecule has 0 aliphatic heterocycles. The van der Waals surface area contributed by atoms with Gasteiger partial charge in [0.25, 0.3) is 11.8 Å². The molecule has 2 heterocycles. The minimum Gasteiger partial charge on any atom is -0.496 e. The summed E-state index contributed by atoms with van der Waals surface area (Å²) in [5, 5.41) is 12.1. The van der Waals surface area contributed by atoms with Crippen molar-refractivity contribution in [3.05, 3.63) is 69.9 Å². The molecular formula is C27H29FN4O5. The fourth-order valence-corrected chi connectivity index (χ4v) is 4.32. The maximum absolute atomic E-state index is 14.9. The summed E-state index contributed by atoms with van der Waals surface area (Å²) in [7, 11) is 4.34. The Morgan fingerprint density at radius 3 is 2.41 bits per heavy atom. The third kappa shape index (κ3) is 5.47. The van der Waals surface area contributed by atoms with Crippen molar-refractivity contribution in [1.82, 2.24) is 15.3 Å². The third-order valence-corrected chi connectivity index (χ3v) is 5.93. The van der Waals surface area contributed by atoms with Gasteiger partial charge < -0.3 is 23.4 Å². The Hall–Kier alpha value is -4.21. The molecular weight excluding hydrogens is 479 g/mol. The van der Waals surface area contributed by atoms with Crippen molar-refractivity contribution in [1.29, 1.82) is 0 Å². The van der Waals surface area contributed by atoms with Crippen LogP contribution >= 0.6 is 0 Å². The van der Waals surface area contributed by atoms with Crippen LogP contribution in [0.15, 0.2) is 44.5 Å². The number of ether oxygens (including phenoxy) is 2. The number of benzene rings is 2. The second-order valence-electron chi connectivity index (χ2n) is 8.55. The van der Waals surface area contributed by atoms with Gasteiger partial charge in [0.05, 0.1) is 25.2 Å². The SMILES string of the molecule is CO/N=C(\F)c1cc(/C(=C\CCCc2nc(C)no2)c2cc(C)c3onc(OC)c3c2)cc(C)c1OC. The predicted molar refractivity (Wildman–Crippen MR) is 137 cm³/mol. The van der Waals surface area contributed by atoms with Gasteiger partial charge in [-0.1, -0.05) is 16.4 Å². The van der Waals surface area contributed by atoms with E-state index in [0.717, 1.165) is 39.6 Å². The quantitative estimate of drug-likeness (QED) is 0.148. The maximum Gasteiger partial charge on any atom is 0.261 e. The second-order valence-corrected chi connectivity index (χ2v) is 8.55. The lowest BCUT2D eigenvalue weighted by Crippen LogP contribution is -2.03. The number of hydrogen-bond donors (Lipinski definition) is 0. The summed E-state index contributed by atoms with van der Waals surface area (Å²) in [5.74, 6) is 1.22. The van der Waals surface area contributed by atoms with Gasteiger partial charge in [-0.05, 0) is 90.9 Å². The van der Waals surface area contributed by atoms with Gasteiger partial charge in [-0.15, -0.1) is 0 Å². The molecule has 9 nitrogen and oxygen atoms in total. The molecule has 0 spiro atoms. The first-order valence-corrected chi connectivity index (χ1v) is 11.8. The fraction of sp³-hybridized carbons (Fsp3) is 0.333. The number of rotatable bonds is 10. The molecule has 2 aromatic carbocycles. The van der Waals surface area contributed by atoms with E-state index in [9.17, 15) is 4.39 Å². The fourth-order valence-electron chi connectivity index (χ4n) is 4.32. The van der Waals surface area contributed by atoms with Crippen LogP contribution in [0, 0.1) is 20.8 Å². The Morgan fingerprint density at radius 1 is 0.973 bits per heavy atom. The number of unbranched alkanes of at least 4 members (excludes halogenated alkanes) is 1. The zero-order chi connectivity index (χ0) is 26.5. The van der Waals surface area contributed by atoms with Crippen LogP contribution in [0.4, 0.5) is 4.39 Å². The summed E-state index contributed by atoms with van der Waals surface area (Å²) in [6, 6.07) is 7.64. The van der Waals surface area contributed by atoms with E-state index in [1.807, 2.05) is 32.0 Å². The lowest BCUT2D eigenvalue weighted by Gasteiger charge is -2.16. The summed E-state index contributed by atoms with van der Waals surface area (Å²) < 4.78 is 36.5. The van der Waals surface area contributed by atoms with Crippen LogP contribution in [0.3, 0.4) is 0 Å². The highest BCUT2D eigenvalue weighted by Crippen LogP contribution is 2.36. The molecule has 0 amide bonds. The van der Waals surface area contributed by atoms with Gasteiger partial charge in [0, 0.05) is 6.42 Å². The number of allylic oxidation sites excluding steroid dienone is 1. The van der Waals surface area contributed by atoms with E-state index in [2.05, 4.69) is 31.4 Å². The smallest absolute Gasteiger partial charge is 0.261 e. The van der Waals surface area contributed by atoms with Crippen molar-refractivity contribution in [2.24, 2.45) is 5.16 Å². The van der Waals surface area contributed by atoms with Crippen molar-refractivity contribution >= 4 is 22.5 Å². The van der Waals surface area contributed by atoms with Gasteiger partial charge in [-0.3, -0.25) is 0 Å². The first kappa shape index (κ1) is 25.9. The first-order chi connectivity index (χ1) is 17.9. The summed E-state index contributed by atoms with van der Waals surface area (Å²) in [4.78, 5) is 8.95. The van der Waals surface area contributed by atoms with Crippen LogP contribution in [0.5, 0.6) is 11.6 Å². The van der Waals surface area contributed by atoms with Gasteiger partial charge >= 0.3 is 0 Å². The van der Waals surface area contributed by atoms with Crippen molar-refractivity contribution in [3.8, 4) is 11.6 Å². The van der Waals surface area contributed by atoms with Crippen molar-refractivity contribution in [2.45, 2.75) is 40.0 Å². The maximum atomic E-state index is 14.9. The Bertz CT molecular complexity index is 1470. The molecule has 0 radical (unpaired) electrons. The third-order valence-electron chi connectivity index (χ3n) is 5.93. The number of oxime groups is 1. The van der Waals surface area contributed by atoms with Crippen LogP contribution in [0.25, 0.3) is 16.5 Å². The first-order valence-electron chi connectivity index (χ1n) is 11.8. The van der Waals surface area contributed by atoms with Crippen LogP contribution in [-0.4, -0.2) is 42.6 Å². The highest BCUT2D eigenvalue weighted by molar-refractivity contribution is 5.98. The summed E-state index contributed by atoms with van der Waals surface area (Å²) in [5.41, 5.74) is 5.09. The Kier molecular flexibility index (Phi) is 7.86. The van der Waals surface area contributed by atoms with E-state index in [0.29, 0.717) is 41.8 Å². The number of fused-ring (bicyclic) bond motifs is 1. The molecule has 0 atom stereocenters. The Labute approximate surface area is 213 Å². The van der Waals surface area contributed by atoms with E-state index < -0.39 is 5.97 Å². The standard InChI is InChI=1S/C27H29FN4O5/c1-15-11-18(13-21(24(15)33-4)26(28)31-35-6)20(9-7-8-10-23-29-17(3)30-36-23)19-12-16(2)25-22(14-19)27(34-5)32-37-25/h9,11-14H,7-8,10H2,1-6H3/b20-9+,31-26-. The Morgan fingerprint density at radius 2 is 1.73 bits per heavy atom. The van der Waals surface area contributed by atoms with E-state index >= 15 is 0 Å². The molecule has 0 aliphatic rings. The van der Waals surface area contributed by atoms with Crippen LogP contribution in [0.2, 0.25) is 0 Å². The molecule has 194 valence electrons. The average Bonchev–Trinajstić information content (AvgIpc) is 3.49. The largest absolute Gasteiger partial charge is 0.496 e. The van der Waals surface area contributed by atoms with E-state index in [4.69, 9.17) is 18.5 Å². The van der Waals surface area contributed by atoms with Crippen LogP contribution in [0.1, 0.15) is 52.4 Å². The monoisotopic (exact) mass is 508 g/mol. The highest BCUT2D eigenvalue weighted by atomic mass is 19.1. The molecule has 4 aromatic rings. The average molecular weight is 509 g/mol. The zero-order valence-corrected chi connectivity index (χ0v) is 21.7. The second kappa shape index (κ2) is 11.2. The summed E-state index contributed by atoms with van der Waals surface area (Å²) >= 11 is 0. The molecule has 10 heteroatoms. The van der Waals surface area contributed by atoms with Crippen molar-refractivity contribution < 1.29 is 27.7 Å². The molecule has 0 bridgehead atoms. The van der Waals surface area contributed by atoms with Crippen molar-refractivity contribution in [2.75, 3.05) is 21.3 Å². The molecule has 0 unspecified atom stereocenters. The molecule has 0 aliphatic carbocycles. The van der Waals surface area contributed by atoms with Gasteiger partial charge in [-0.2, -0.15) is 9.37 Å². The minimum absolute atomic E-state index is 0.201. The molecule has 2 aromatic heterocycles. The normalized spacial score (nSPS) is 12.3. The molecule has 0 N–H and O–H groups in total. The molecule has 0 saturated carbocycles. The van der Waals surface area contributed by atoms with Gasteiger partial charge in [0.1, 0.15) is 12.9 Å². The minimum atomic E-state index is -0.775. The predicted octanol–water partition coefficient (Wildman–Crippen LogP) is 5.89. The van der Waals surface area contributed by atoms with Crippen molar-refractivity contribution in [3.63, 3.8) is 0 Å². The lowest BCUT2D eigenvalue weighted by atomic mass is 9.91. The topological polar surface area (TPSA) is 105 Å². The number of hydrogen-bond acceptors (Lipinski definition) is 9. The van der Waals surface area contributed by atoms with Crippen LogP contribution in [-0.2, 0) is 11.3 Å². The summed E-state index contributed by atoms with van der Waals surface area (Å²) in [6.45, 7) is 5.60.